The lowest BCUT2D eigenvalue weighted by Gasteiger charge is -2.18. The summed E-state index contributed by atoms with van der Waals surface area (Å²) in [6.07, 6.45) is 1.61. The highest BCUT2D eigenvalue weighted by Gasteiger charge is 2.11. The maximum atomic E-state index is 5.96. The lowest BCUT2D eigenvalue weighted by atomic mass is 10.2. The Labute approximate surface area is 114 Å². The summed E-state index contributed by atoms with van der Waals surface area (Å²) in [6, 6.07) is 8.27. The zero-order chi connectivity index (χ0) is 13.8. The third-order valence-electron chi connectivity index (χ3n) is 3.04. The number of hydrogen-bond acceptors (Lipinski definition) is 4. The first-order chi connectivity index (χ1) is 9.08. The highest BCUT2D eigenvalue weighted by Crippen LogP contribution is 2.14. The van der Waals surface area contributed by atoms with E-state index in [4.69, 9.17) is 5.73 Å². The van der Waals surface area contributed by atoms with Gasteiger partial charge < -0.3 is 5.73 Å². The van der Waals surface area contributed by atoms with Crippen molar-refractivity contribution in [3.63, 3.8) is 0 Å². The number of hydrogen-bond donors (Lipinski definition) is 1. The average molecular weight is 259 g/mol. The molecule has 1 aromatic carbocycles. The molecule has 0 amide bonds. The topological polar surface area (TPSA) is 60.0 Å². The van der Waals surface area contributed by atoms with E-state index in [1.165, 1.54) is 0 Å². The molecule has 0 spiro atoms. The van der Waals surface area contributed by atoms with Gasteiger partial charge in [-0.1, -0.05) is 18.2 Å². The van der Waals surface area contributed by atoms with Crippen LogP contribution in [0.4, 0.5) is 5.69 Å². The molecule has 19 heavy (non-hydrogen) atoms. The first-order valence-electron chi connectivity index (χ1n) is 6.48. The Balaban J connectivity index is 2.03. The van der Waals surface area contributed by atoms with Gasteiger partial charge in [0, 0.05) is 18.3 Å². The second kappa shape index (κ2) is 5.84. The van der Waals surface area contributed by atoms with E-state index in [0.29, 0.717) is 6.04 Å². The van der Waals surface area contributed by atoms with Gasteiger partial charge in [0.25, 0.3) is 0 Å². The van der Waals surface area contributed by atoms with Crippen LogP contribution in [0.5, 0.6) is 0 Å². The van der Waals surface area contributed by atoms with Crippen LogP contribution in [0.25, 0.3) is 0 Å². The molecule has 0 saturated heterocycles. The van der Waals surface area contributed by atoms with Gasteiger partial charge in [-0.05, 0) is 32.5 Å². The molecule has 1 heterocycles. The normalized spacial score (nSPS) is 11.4. The second-order valence-electron chi connectivity index (χ2n) is 5.09. The van der Waals surface area contributed by atoms with Crippen molar-refractivity contribution in [3.05, 3.63) is 42.0 Å². The molecule has 0 saturated carbocycles. The Morgan fingerprint density at radius 3 is 2.68 bits per heavy atom. The van der Waals surface area contributed by atoms with Gasteiger partial charge in [-0.2, -0.15) is 5.10 Å². The Morgan fingerprint density at radius 2 is 2.00 bits per heavy atom. The van der Waals surface area contributed by atoms with Crippen LogP contribution in [-0.4, -0.2) is 26.7 Å². The van der Waals surface area contributed by atoms with Gasteiger partial charge in [0.05, 0.1) is 6.54 Å². The molecule has 102 valence electrons. The largest absolute Gasteiger partial charge is 0.398 e. The van der Waals surface area contributed by atoms with Crippen LogP contribution < -0.4 is 5.73 Å². The summed E-state index contributed by atoms with van der Waals surface area (Å²) in [5.41, 5.74) is 7.93. The van der Waals surface area contributed by atoms with Gasteiger partial charge in [-0.15, -0.1) is 0 Å². The second-order valence-corrected chi connectivity index (χ2v) is 5.09. The summed E-state index contributed by atoms with van der Waals surface area (Å²) >= 11 is 0. The van der Waals surface area contributed by atoms with Gasteiger partial charge in [0.1, 0.15) is 12.2 Å². The van der Waals surface area contributed by atoms with E-state index in [1.807, 2.05) is 22.9 Å². The SMILES string of the molecule is CC(C)n1ncnc1CN(C)Cc1ccccc1N. The van der Waals surface area contributed by atoms with E-state index in [1.54, 1.807) is 6.33 Å². The van der Waals surface area contributed by atoms with Crippen molar-refractivity contribution >= 4 is 5.69 Å². The molecule has 0 aliphatic heterocycles. The smallest absolute Gasteiger partial charge is 0.141 e. The van der Waals surface area contributed by atoms with E-state index < -0.39 is 0 Å². The Morgan fingerprint density at radius 1 is 1.26 bits per heavy atom. The van der Waals surface area contributed by atoms with Crippen LogP contribution in [0.1, 0.15) is 31.3 Å². The number of aromatic nitrogens is 3. The van der Waals surface area contributed by atoms with Gasteiger partial charge >= 0.3 is 0 Å². The van der Waals surface area contributed by atoms with E-state index in [9.17, 15) is 0 Å². The number of nitrogens with zero attached hydrogens (tertiary/aromatic N) is 4. The summed E-state index contributed by atoms with van der Waals surface area (Å²) in [5, 5.41) is 4.25. The average Bonchev–Trinajstić information content (AvgIpc) is 2.80. The van der Waals surface area contributed by atoms with Crippen LogP contribution in [0.2, 0.25) is 0 Å². The predicted octanol–water partition coefficient (Wildman–Crippen LogP) is 2.07. The van der Waals surface area contributed by atoms with Crippen molar-refractivity contribution in [2.24, 2.45) is 0 Å². The molecule has 5 nitrogen and oxygen atoms in total. The first-order valence-corrected chi connectivity index (χ1v) is 6.48. The van der Waals surface area contributed by atoms with Crippen molar-refractivity contribution in [3.8, 4) is 0 Å². The summed E-state index contributed by atoms with van der Waals surface area (Å²) in [4.78, 5) is 6.51. The van der Waals surface area contributed by atoms with Crippen molar-refractivity contribution in [2.75, 3.05) is 12.8 Å². The fraction of sp³-hybridized carbons (Fsp3) is 0.429. The molecular weight excluding hydrogens is 238 g/mol. The molecule has 2 aromatic rings. The molecule has 0 radical (unpaired) electrons. The number of nitrogen functional groups attached to an aromatic ring is 1. The molecule has 0 atom stereocenters. The van der Waals surface area contributed by atoms with Crippen LogP contribution >= 0.6 is 0 Å². The summed E-state index contributed by atoms with van der Waals surface area (Å²) in [6.45, 7) is 5.77. The summed E-state index contributed by atoms with van der Waals surface area (Å²) in [5.74, 6) is 0.979. The van der Waals surface area contributed by atoms with Crippen molar-refractivity contribution in [1.82, 2.24) is 19.7 Å². The predicted molar refractivity (Wildman–Crippen MR) is 76.4 cm³/mol. The minimum Gasteiger partial charge on any atom is -0.398 e. The molecule has 0 aliphatic carbocycles. The fourth-order valence-corrected chi connectivity index (χ4v) is 2.08. The summed E-state index contributed by atoms with van der Waals surface area (Å²) < 4.78 is 1.95. The third-order valence-corrected chi connectivity index (χ3v) is 3.04. The number of rotatable bonds is 5. The van der Waals surface area contributed by atoms with Crippen molar-refractivity contribution < 1.29 is 0 Å². The molecule has 0 aliphatic rings. The standard InChI is InChI=1S/C14H21N5/c1-11(2)19-14(16-10-17-19)9-18(3)8-12-6-4-5-7-13(12)15/h4-7,10-11H,8-9,15H2,1-3H3. The molecule has 5 heteroatoms. The highest BCUT2D eigenvalue weighted by molar-refractivity contribution is 5.46. The molecule has 2 N–H and O–H groups in total. The lowest BCUT2D eigenvalue weighted by Crippen LogP contribution is -2.21. The number of benzene rings is 1. The maximum absolute atomic E-state index is 5.96. The molecule has 0 unspecified atom stereocenters. The Hall–Kier alpha value is -1.88. The lowest BCUT2D eigenvalue weighted by molar-refractivity contribution is 0.299. The summed E-state index contributed by atoms with van der Waals surface area (Å²) in [7, 11) is 2.06. The van der Waals surface area contributed by atoms with Crippen LogP contribution in [0.15, 0.2) is 30.6 Å². The van der Waals surface area contributed by atoms with Crippen LogP contribution in [-0.2, 0) is 13.1 Å². The van der Waals surface area contributed by atoms with Gasteiger partial charge in [0.2, 0.25) is 0 Å². The van der Waals surface area contributed by atoms with Crippen molar-refractivity contribution in [1.29, 1.82) is 0 Å². The Kier molecular flexibility index (Phi) is 4.16. The van der Waals surface area contributed by atoms with Crippen molar-refractivity contribution in [2.45, 2.75) is 33.0 Å². The molecular formula is C14H21N5. The number of para-hydroxylation sites is 1. The third kappa shape index (κ3) is 3.32. The number of anilines is 1. The minimum absolute atomic E-state index is 0.327. The van der Waals surface area contributed by atoms with Crippen LogP contribution in [0.3, 0.4) is 0 Å². The minimum atomic E-state index is 0.327. The van der Waals surface area contributed by atoms with Gasteiger partial charge in [-0.25, -0.2) is 9.67 Å². The molecule has 0 bridgehead atoms. The zero-order valence-electron chi connectivity index (χ0n) is 11.7. The fourth-order valence-electron chi connectivity index (χ4n) is 2.08. The van der Waals surface area contributed by atoms with E-state index in [2.05, 4.69) is 41.9 Å². The first kappa shape index (κ1) is 13.5. The van der Waals surface area contributed by atoms with Crippen LogP contribution in [0, 0.1) is 0 Å². The highest BCUT2D eigenvalue weighted by atomic mass is 15.4. The maximum Gasteiger partial charge on any atom is 0.141 e. The molecule has 1 aromatic heterocycles. The van der Waals surface area contributed by atoms with Gasteiger partial charge in [0.15, 0.2) is 0 Å². The van der Waals surface area contributed by atoms with Gasteiger partial charge in [-0.3, -0.25) is 4.90 Å². The van der Waals surface area contributed by atoms with E-state index in [0.717, 1.165) is 30.2 Å². The molecule has 2 rings (SSSR count). The zero-order valence-corrected chi connectivity index (χ0v) is 11.7. The quantitative estimate of drug-likeness (QED) is 0.835. The van der Waals surface area contributed by atoms with E-state index >= 15 is 0 Å². The van der Waals surface area contributed by atoms with E-state index in [-0.39, 0.29) is 0 Å². The Bertz CT molecular complexity index is 532. The molecule has 0 fully saturated rings. The number of nitrogens with two attached hydrogens (primary N) is 1. The monoisotopic (exact) mass is 259 g/mol.